The maximum absolute atomic E-state index is 13.3. The minimum absolute atomic E-state index is 0.146. The first-order chi connectivity index (χ1) is 8.85. The number of benzene rings is 1. The zero-order valence-corrected chi connectivity index (χ0v) is 10.9. The molecule has 3 nitrogen and oxygen atoms in total. The zero-order chi connectivity index (χ0) is 12.8. The molecule has 0 amide bonds. The molecule has 4 heteroatoms. The van der Waals surface area contributed by atoms with E-state index in [0.717, 1.165) is 37.5 Å². The van der Waals surface area contributed by atoms with Crippen molar-refractivity contribution in [2.75, 3.05) is 39.5 Å². The van der Waals surface area contributed by atoms with Crippen molar-refractivity contribution in [1.82, 2.24) is 10.2 Å². The van der Waals surface area contributed by atoms with Gasteiger partial charge in [-0.15, -0.1) is 0 Å². The van der Waals surface area contributed by atoms with Crippen LogP contribution in [0.15, 0.2) is 24.3 Å². The lowest BCUT2D eigenvalue weighted by Gasteiger charge is -2.33. The van der Waals surface area contributed by atoms with Crippen molar-refractivity contribution < 1.29 is 9.13 Å². The molecule has 0 aromatic heterocycles. The summed E-state index contributed by atoms with van der Waals surface area (Å²) in [7, 11) is 0. The topological polar surface area (TPSA) is 24.5 Å². The van der Waals surface area contributed by atoms with E-state index in [4.69, 9.17) is 4.74 Å². The van der Waals surface area contributed by atoms with Crippen molar-refractivity contribution in [3.05, 3.63) is 29.8 Å². The summed E-state index contributed by atoms with van der Waals surface area (Å²) in [4.78, 5) is 2.20. The summed E-state index contributed by atoms with van der Waals surface area (Å²) >= 11 is 0. The second kappa shape index (κ2) is 6.71. The van der Waals surface area contributed by atoms with Gasteiger partial charge in [0.05, 0.1) is 12.6 Å². The molecule has 0 radical (unpaired) electrons. The molecule has 1 aliphatic heterocycles. The van der Waals surface area contributed by atoms with E-state index < -0.39 is 0 Å². The molecule has 0 aliphatic carbocycles. The molecule has 1 saturated heterocycles. The zero-order valence-electron chi connectivity index (χ0n) is 10.9. The summed E-state index contributed by atoms with van der Waals surface area (Å²) in [5, 5.41) is 3.29. The van der Waals surface area contributed by atoms with Crippen LogP contribution in [-0.4, -0.2) is 44.4 Å². The maximum Gasteiger partial charge on any atom is 0.119 e. The van der Waals surface area contributed by atoms with Crippen molar-refractivity contribution in [3.8, 4) is 5.75 Å². The first-order valence-electron chi connectivity index (χ1n) is 6.58. The Morgan fingerprint density at radius 1 is 1.39 bits per heavy atom. The Balaban J connectivity index is 2.12. The lowest BCUT2D eigenvalue weighted by Crippen LogP contribution is -2.45. The van der Waals surface area contributed by atoms with E-state index in [2.05, 4.69) is 10.2 Å². The van der Waals surface area contributed by atoms with E-state index >= 15 is 0 Å². The number of halogens is 1. The van der Waals surface area contributed by atoms with Gasteiger partial charge in [-0.25, -0.2) is 4.39 Å². The number of alkyl halides is 1. The van der Waals surface area contributed by atoms with Gasteiger partial charge in [0.15, 0.2) is 0 Å². The van der Waals surface area contributed by atoms with Crippen LogP contribution in [0.5, 0.6) is 5.75 Å². The molecular weight excluding hydrogens is 231 g/mol. The Morgan fingerprint density at radius 3 is 2.83 bits per heavy atom. The SMILES string of the molecule is CCOc1cccc([C@@H](CF)N2CCNCC2)c1. The Kier molecular flexibility index (Phi) is 4.96. The van der Waals surface area contributed by atoms with Crippen molar-refractivity contribution in [2.24, 2.45) is 0 Å². The summed E-state index contributed by atoms with van der Waals surface area (Å²) in [5.74, 6) is 0.823. The van der Waals surface area contributed by atoms with Crippen LogP contribution in [0.2, 0.25) is 0 Å². The minimum Gasteiger partial charge on any atom is -0.494 e. The quantitative estimate of drug-likeness (QED) is 0.867. The number of piperazine rings is 1. The normalized spacial score (nSPS) is 18.6. The number of nitrogens with one attached hydrogen (secondary N) is 1. The summed E-state index contributed by atoms with van der Waals surface area (Å²) in [5.41, 5.74) is 1.00. The van der Waals surface area contributed by atoms with E-state index in [0.29, 0.717) is 6.61 Å². The number of hydrogen-bond acceptors (Lipinski definition) is 3. The molecule has 1 heterocycles. The van der Waals surface area contributed by atoms with Gasteiger partial charge in [0.25, 0.3) is 0 Å². The average Bonchev–Trinajstić information content (AvgIpc) is 2.42. The van der Waals surface area contributed by atoms with Gasteiger partial charge in [-0.3, -0.25) is 4.90 Å². The Morgan fingerprint density at radius 2 is 2.17 bits per heavy atom. The first kappa shape index (κ1) is 13.3. The molecular formula is C14H21FN2O. The predicted octanol–water partition coefficient (Wildman–Crippen LogP) is 2.00. The molecule has 0 unspecified atom stereocenters. The molecule has 1 aliphatic rings. The van der Waals surface area contributed by atoms with Gasteiger partial charge in [-0.2, -0.15) is 0 Å². The van der Waals surface area contributed by atoms with Crippen LogP contribution < -0.4 is 10.1 Å². The van der Waals surface area contributed by atoms with Gasteiger partial charge >= 0.3 is 0 Å². The minimum atomic E-state index is -0.352. The van der Waals surface area contributed by atoms with Gasteiger partial charge < -0.3 is 10.1 Å². The van der Waals surface area contributed by atoms with E-state index in [1.807, 2.05) is 31.2 Å². The fraction of sp³-hybridized carbons (Fsp3) is 0.571. The summed E-state index contributed by atoms with van der Waals surface area (Å²) in [6.07, 6.45) is 0. The Bertz CT molecular complexity index is 367. The molecule has 1 N–H and O–H groups in total. The summed E-state index contributed by atoms with van der Waals surface area (Å²) in [6.45, 7) is 5.90. The molecule has 1 aromatic rings. The van der Waals surface area contributed by atoms with Crippen LogP contribution in [0.3, 0.4) is 0 Å². The molecule has 1 atom stereocenters. The largest absolute Gasteiger partial charge is 0.494 e. The van der Waals surface area contributed by atoms with Crippen LogP contribution in [0.4, 0.5) is 4.39 Å². The highest BCUT2D eigenvalue weighted by atomic mass is 19.1. The third-order valence-corrected chi connectivity index (χ3v) is 3.29. The van der Waals surface area contributed by atoms with Gasteiger partial charge in [0.2, 0.25) is 0 Å². The lowest BCUT2D eigenvalue weighted by molar-refractivity contribution is 0.147. The Hall–Kier alpha value is -1.13. The average molecular weight is 252 g/mol. The molecule has 0 spiro atoms. The van der Waals surface area contributed by atoms with Crippen molar-refractivity contribution in [3.63, 3.8) is 0 Å². The Labute approximate surface area is 108 Å². The van der Waals surface area contributed by atoms with Crippen LogP contribution in [0.25, 0.3) is 0 Å². The van der Waals surface area contributed by atoms with Crippen molar-refractivity contribution in [2.45, 2.75) is 13.0 Å². The van der Waals surface area contributed by atoms with E-state index in [1.165, 1.54) is 0 Å². The highest BCUT2D eigenvalue weighted by Gasteiger charge is 2.22. The number of ether oxygens (including phenoxy) is 1. The molecule has 1 fully saturated rings. The van der Waals surface area contributed by atoms with Crippen LogP contribution >= 0.6 is 0 Å². The second-order valence-corrected chi connectivity index (χ2v) is 4.46. The van der Waals surface area contributed by atoms with E-state index in [1.54, 1.807) is 0 Å². The summed E-state index contributed by atoms with van der Waals surface area (Å²) < 4.78 is 18.8. The molecule has 0 bridgehead atoms. The lowest BCUT2D eigenvalue weighted by atomic mass is 10.1. The van der Waals surface area contributed by atoms with Gasteiger partial charge in [0, 0.05) is 26.2 Å². The number of rotatable bonds is 5. The molecule has 100 valence electrons. The van der Waals surface area contributed by atoms with Gasteiger partial charge in [-0.1, -0.05) is 12.1 Å². The molecule has 1 aromatic carbocycles. The molecule has 2 rings (SSSR count). The van der Waals surface area contributed by atoms with Crippen molar-refractivity contribution >= 4 is 0 Å². The van der Waals surface area contributed by atoms with Crippen molar-refractivity contribution in [1.29, 1.82) is 0 Å². The van der Waals surface area contributed by atoms with Gasteiger partial charge in [-0.05, 0) is 24.6 Å². The highest BCUT2D eigenvalue weighted by Crippen LogP contribution is 2.25. The molecule has 0 saturated carbocycles. The third kappa shape index (κ3) is 3.21. The highest BCUT2D eigenvalue weighted by molar-refractivity contribution is 5.30. The third-order valence-electron chi connectivity index (χ3n) is 3.29. The monoisotopic (exact) mass is 252 g/mol. The van der Waals surface area contributed by atoms with E-state index in [9.17, 15) is 4.39 Å². The predicted molar refractivity (Wildman–Crippen MR) is 70.8 cm³/mol. The number of hydrogen-bond donors (Lipinski definition) is 1. The van der Waals surface area contributed by atoms with Gasteiger partial charge in [0.1, 0.15) is 12.4 Å². The fourth-order valence-electron chi connectivity index (χ4n) is 2.37. The van der Waals surface area contributed by atoms with Crippen LogP contribution in [0, 0.1) is 0 Å². The second-order valence-electron chi connectivity index (χ2n) is 4.46. The first-order valence-corrected chi connectivity index (χ1v) is 6.58. The van der Waals surface area contributed by atoms with Crippen LogP contribution in [0.1, 0.15) is 18.5 Å². The smallest absolute Gasteiger partial charge is 0.119 e. The molecule has 18 heavy (non-hydrogen) atoms. The standard InChI is InChI=1S/C14H21FN2O/c1-2-18-13-5-3-4-12(10-13)14(11-15)17-8-6-16-7-9-17/h3-5,10,14,16H,2,6-9,11H2,1H3/t14-/m1/s1. The fourth-order valence-corrected chi connectivity index (χ4v) is 2.37. The maximum atomic E-state index is 13.3. The number of nitrogens with zero attached hydrogens (tertiary/aromatic N) is 1. The van der Waals surface area contributed by atoms with E-state index in [-0.39, 0.29) is 12.7 Å². The summed E-state index contributed by atoms with van der Waals surface area (Å²) in [6, 6.07) is 7.64. The van der Waals surface area contributed by atoms with Crippen LogP contribution in [-0.2, 0) is 0 Å².